The zero-order valence-corrected chi connectivity index (χ0v) is 20.9. The molecule has 11 heteroatoms. The van der Waals surface area contributed by atoms with Crippen molar-refractivity contribution in [2.24, 2.45) is 5.92 Å². The number of aryl methyl sites for hydroxylation is 3. The van der Waals surface area contributed by atoms with Crippen molar-refractivity contribution in [2.45, 2.75) is 63.8 Å². The second-order valence-corrected chi connectivity index (χ2v) is 10.5. The van der Waals surface area contributed by atoms with Gasteiger partial charge in [-0.25, -0.2) is 8.42 Å². The maximum Gasteiger partial charge on any atom is 0.323 e. The first-order chi connectivity index (χ1) is 16.0. The largest absolute Gasteiger partial charge is 0.480 e. The monoisotopic (exact) mass is 496 g/mol. The lowest BCUT2D eigenvalue weighted by atomic mass is 9.93. The number of aliphatic carboxylic acids is 1. The normalized spacial score (nSPS) is 15.5. The molecule has 1 fully saturated rings. The van der Waals surface area contributed by atoms with Gasteiger partial charge < -0.3 is 21.1 Å². The summed E-state index contributed by atoms with van der Waals surface area (Å²) in [4.78, 5) is 35.7. The van der Waals surface area contributed by atoms with Crippen molar-refractivity contribution in [3.05, 3.63) is 28.8 Å². The Labute approximate surface area is 201 Å². The highest BCUT2D eigenvalue weighted by Crippen LogP contribution is 2.22. The quantitative estimate of drug-likeness (QED) is 0.286. The van der Waals surface area contributed by atoms with Gasteiger partial charge in [0.05, 0.1) is 4.90 Å². The van der Waals surface area contributed by atoms with Crippen LogP contribution < -0.4 is 20.7 Å². The van der Waals surface area contributed by atoms with Crippen molar-refractivity contribution in [3.63, 3.8) is 0 Å². The van der Waals surface area contributed by atoms with E-state index in [-0.39, 0.29) is 23.8 Å². The summed E-state index contributed by atoms with van der Waals surface area (Å²) in [7, 11) is -4.12. The number of benzene rings is 1. The third kappa shape index (κ3) is 8.69. The van der Waals surface area contributed by atoms with Crippen molar-refractivity contribution < 1.29 is 27.9 Å². The lowest BCUT2D eigenvalue weighted by molar-refractivity contribution is -0.138. The molecule has 0 aliphatic carbocycles. The van der Waals surface area contributed by atoms with Gasteiger partial charge in [-0.1, -0.05) is 17.7 Å². The molecule has 0 aromatic heterocycles. The number of hydrogen-bond donors (Lipinski definition) is 5. The molecule has 0 bridgehead atoms. The van der Waals surface area contributed by atoms with E-state index in [0.29, 0.717) is 23.5 Å². The van der Waals surface area contributed by atoms with Crippen LogP contribution in [0, 0.1) is 26.7 Å². The van der Waals surface area contributed by atoms with Crippen LogP contribution in [0.2, 0.25) is 0 Å². The molecule has 34 heavy (non-hydrogen) atoms. The summed E-state index contributed by atoms with van der Waals surface area (Å²) < 4.78 is 27.8. The second kappa shape index (κ2) is 12.8. The average Bonchev–Trinajstić information content (AvgIpc) is 2.74. The second-order valence-electron chi connectivity index (χ2n) is 8.88. The summed E-state index contributed by atoms with van der Waals surface area (Å²) in [6, 6.07) is 1.88. The summed E-state index contributed by atoms with van der Waals surface area (Å²) in [5.41, 5.74) is 1.91. The molecule has 2 rings (SSSR count). The molecule has 5 N–H and O–H groups in total. The Morgan fingerprint density at radius 3 is 2.21 bits per heavy atom. The molecule has 1 aliphatic heterocycles. The van der Waals surface area contributed by atoms with E-state index in [9.17, 15) is 27.9 Å². The van der Waals surface area contributed by atoms with E-state index in [1.165, 1.54) is 0 Å². The number of hydrogen-bond acceptors (Lipinski definition) is 6. The highest BCUT2D eigenvalue weighted by atomic mass is 32.2. The Hall–Kier alpha value is -2.50. The van der Waals surface area contributed by atoms with Crippen LogP contribution >= 0.6 is 0 Å². The van der Waals surface area contributed by atoms with Crippen molar-refractivity contribution in [1.29, 1.82) is 0 Å². The first-order valence-corrected chi connectivity index (χ1v) is 13.0. The van der Waals surface area contributed by atoms with Crippen LogP contribution in [0.4, 0.5) is 0 Å². The summed E-state index contributed by atoms with van der Waals surface area (Å²) in [6.45, 7) is 6.80. The predicted molar refractivity (Wildman–Crippen MR) is 128 cm³/mol. The van der Waals surface area contributed by atoms with Crippen molar-refractivity contribution in [3.8, 4) is 0 Å². The highest BCUT2D eigenvalue weighted by molar-refractivity contribution is 7.89. The van der Waals surface area contributed by atoms with Crippen LogP contribution in [0.1, 0.15) is 48.8 Å². The number of carboxylic acid groups (broad SMARTS) is 1. The molecule has 1 saturated heterocycles. The third-order valence-electron chi connectivity index (χ3n) is 5.88. The molecule has 0 unspecified atom stereocenters. The van der Waals surface area contributed by atoms with Crippen molar-refractivity contribution in [2.75, 3.05) is 26.2 Å². The lowest BCUT2D eigenvalue weighted by Gasteiger charge is -2.22. The molecule has 0 saturated carbocycles. The molecule has 190 valence electrons. The smallest absolute Gasteiger partial charge is 0.323 e. The minimum Gasteiger partial charge on any atom is -0.480 e. The first-order valence-electron chi connectivity index (χ1n) is 11.6. The molecule has 0 spiro atoms. The zero-order chi connectivity index (χ0) is 25.3. The third-order valence-corrected chi connectivity index (χ3v) is 7.66. The molecule has 0 radical (unpaired) electrons. The molecule has 10 nitrogen and oxygen atoms in total. The zero-order valence-electron chi connectivity index (χ0n) is 20.1. The predicted octanol–water partition coefficient (Wildman–Crippen LogP) is 0.746. The van der Waals surface area contributed by atoms with Gasteiger partial charge >= 0.3 is 5.97 Å². The number of carbonyl (C=O) groups excluding carboxylic acids is 2. The fourth-order valence-electron chi connectivity index (χ4n) is 4.23. The molecule has 1 aromatic rings. The summed E-state index contributed by atoms with van der Waals surface area (Å²) in [6.07, 6.45) is 3.32. The Kier molecular flexibility index (Phi) is 10.5. The van der Waals surface area contributed by atoms with Gasteiger partial charge in [0.2, 0.25) is 21.8 Å². The van der Waals surface area contributed by atoms with E-state index in [1.807, 2.05) is 6.92 Å². The Bertz CT molecular complexity index is 966. The maximum atomic E-state index is 12.8. The number of rotatable bonds is 12. The highest BCUT2D eigenvalue weighted by Gasteiger charge is 2.28. The lowest BCUT2D eigenvalue weighted by Crippen LogP contribution is -2.48. The van der Waals surface area contributed by atoms with Crippen LogP contribution in [0.25, 0.3) is 0 Å². The van der Waals surface area contributed by atoms with Crippen molar-refractivity contribution in [1.82, 2.24) is 20.7 Å². The van der Waals surface area contributed by atoms with E-state index in [4.69, 9.17) is 0 Å². The number of amides is 2. The van der Waals surface area contributed by atoms with Gasteiger partial charge in [0, 0.05) is 25.9 Å². The molecule has 1 heterocycles. The molecular formula is C23H36N4O6S. The van der Waals surface area contributed by atoms with Gasteiger partial charge in [0.25, 0.3) is 0 Å². The van der Waals surface area contributed by atoms with E-state index in [2.05, 4.69) is 20.7 Å². The topological polar surface area (TPSA) is 154 Å². The van der Waals surface area contributed by atoms with E-state index in [1.54, 1.807) is 26.0 Å². The van der Waals surface area contributed by atoms with Crippen LogP contribution in [0.3, 0.4) is 0 Å². The Morgan fingerprint density at radius 2 is 1.62 bits per heavy atom. The minimum absolute atomic E-state index is 0.0304. The number of carboxylic acids is 1. The van der Waals surface area contributed by atoms with Gasteiger partial charge in [-0.05, 0) is 70.2 Å². The molecular weight excluding hydrogens is 460 g/mol. The molecule has 1 atom stereocenters. The van der Waals surface area contributed by atoms with Gasteiger partial charge in [0.15, 0.2) is 0 Å². The molecule has 2 amide bonds. The van der Waals surface area contributed by atoms with Gasteiger partial charge in [-0.3, -0.25) is 14.4 Å². The van der Waals surface area contributed by atoms with Crippen LogP contribution in [-0.2, 0) is 24.4 Å². The number of carbonyl (C=O) groups is 3. The van der Waals surface area contributed by atoms with E-state index in [0.717, 1.165) is 37.9 Å². The van der Waals surface area contributed by atoms with E-state index < -0.39 is 34.5 Å². The van der Waals surface area contributed by atoms with Crippen LogP contribution in [-0.4, -0.2) is 63.5 Å². The first kappa shape index (κ1) is 27.7. The van der Waals surface area contributed by atoms with Crippen LogP contribution in [0.5, 0.6) is 0 Å². The maximum absolute atomic E-state index is 12.8. The summed E-state index contributed by atoms with van der Waals surface area (Å²) >= 11 is 0. The fourth-order valence-corrected chi connectivity index (χ4v) is 5.87. The number of piperidine rings is 1. The SMILES string of the molecule is Cc1cc(C)c(S(=O)(=O)N[C@@H](CNC(=O)CCNC(=O)CCC2CCNCC2)C(=O)O)c(C)c1. The van der Waals surface area contributed by atoms with Gasteiger partial charge in [0.1, 0.15) is 6.04 Å². The Morgan fingerprint density at radius 1 is 1.03 bits per heavy atom. The summed E-state index contributed by atoms with van der Waals surface area (Å²) in [5.74, 6) is -1.46. The number of sulfonamides is 1. The Balaban J connectivity index is 1.80. The van der Waals surface area contributed by atoms with Crippen molar-refractivity contribution >= 4 is 27.8 Å². The van der Waals surface area contributed by atoms with Gasteiger partial charge in [-0.15, -0.1) is 0 Å². The van der Waals surface area contributed by atoms with E-state index >= 15 is 0 Å². The standard InChI is InChI=1S/C23H36N4O6S/c1-15-12-16(2)22(17(3)13-15)34(32,33)27-19(23(30)31)14-26-21(29)8-11-25-20(28)5-4-18-6-9-24-10-7-18/h12-13,18-19,24,27H,4-11,14H2,1-3H3,(H,25,28)(H,26,29)(H,30,31)/t19-/m0/s1. The summed E-state index contributed by atoms with van der Waals surface area (Å²) in [5, 5.41) is 17.9. The fraction of sp³-hybridized carbons (Fsp3) is 0.609. The number of nitrogens with one attached hydrogen (secondary N) is 4. The molecule has 1 aliphatic rings. The van der Waals surface area contributed by atoms with Gasteiger partial charge in [-0.2, -0.15) is 4.72 Å². The van der Waals surface area contributed by atoms with Crippen LogP contribution in [0.15, 0.2) is 17.0 Å². The molecule has 1 aromatic carbocycles. The average molecular weight is 497 g/mol. The minimum atomic E-state index is -4.12.